The molecule has 0 aliphatic carbocycles. The minimum atomic E-state index is -0.0978. The Bertz CT molecular complexity index is 1150. The normalized spacial score (nSPS) is 12.1. The second-order valence-electron chi connectivity index (χ2n) is 6.83. The van der Waals surface area contributed by atoms with Gasteiger partial charge in [0.05, 0.1) is 11.8 Å². The quantitative estimate of drug-likeness (QED) is 0.450. The van der Waals surface area contributed by atoms with Crippen LogP contribution in [0.5, 0.6) is 0 Å². The molecule has 0 bridgehead atoms. The topological polar surface area (TPSA) is 68.0 Å². The minimum Gasteiger partial charge on any atom is -0.411 e. The highest BCUT2D eigenvalue weighted by Crippen LogP contribution is 2.26. The van der Waals surface area contributed by atoms with Gasteiger partial charge in [0.15, 0.2) is 0 Å². The molecule has 0 aliphatic rings. The average Bonchev–Trinajstić information content (AvgIpc) is 3.21. The standard InChI is InChI=1S/C23H21N3O2S/c1-15-8-3-5-11-18(15)22-25-26-23(28-22)29-14-21(27)24-16(2)19-13-7-10-17-9-4-6-12-20(17)19/h3-13,16H,14H2,1-2H3,(H,24,27)/t16-/m1/s1. The first-order valence-corrected chi connectivity index (χ1v) is 10.4. The molecule has 29 heavy (non-hydrogen) atoms. The Hall–Kier alpha value is -3.12. The van der Waals surface area contributed by atoms with Crippen LogP contribution in [0.3, 0.4) is 0 Å². The monoisotopic (exact) mass is 403 g/mol. The second kappa shape index (κ2) is 8.49. The van der Waals surface area contributed by atoms with E-state index in [1.54, 1.807) is 0 Å². The van der Waals surface area contributed by atoms with Gasteiger partial charge in [-0.2, -0.15) is 0 Å². The zero-order chi connectivity index (χ0) is 20.2. The summed E-state index contributed by atoms with van der Waals surface area (Å²) in [5, 5.41) is 13.9. The summed E-state index contributed by atoms with van der Waals surface area (Å²) in [6.07, 6.45) is 0. The highest BCUT2D eigenvalue weighted by Gasteiger charge is 2.15. The first-order valence-electron chi connectivity index (χ1n) is 9.41. The number of fused-ring (bicyclic) bond motifs is 1. The molecule has 5 nitrogen and oxygen atoms in total. The fourth-order valence-corrected chi connectivity index (χ4v) is 3.88. The van der Waals surface area contributed by atoms with E-state index in [1.807, 2.05) is 62.4 Å². The number of aryl methyl sites for hydroxylation is 1. The second-order valence-corrected chi connectivity index (χ2v) is 7.76. The molecule has 6 heteroatoms. The van der Waals surface area contributed by atoms with Gasteiger partial charge in [-0.3, -0.25) is 4.79 Å². The number of thioether (sulfide) groups is 1. The van der Waals surface area contributed by atoms with Crippen molar-refractivity contribution in [1.82, 2.24) is 15.5 Å². The first kappa shape index (κ1) is 19.2. The van der Waals surface area contributed by atoms with Crippen LogP contribution >= 0.6 is 11.8 Å². The van der Waals surface area contributed by atoms with Gasteiger partial charge in [-0.1, -0.05) is 72.4 Å². The van der Waals surface area contributed by atoms with Gasteiger partial charge in [-0.05, 0) is 41.8 Å². The number of rotatable bonds is 6. The first-order chi connectivity index (χ1) is 14.1. The number of amides is 1. The van der Waals surface area contributed by atoms with E-state index in [0.29, 0.717) is 11.1 Å². The largest absolute Gasteiger partial charge is 0.411 e. The fourth-order valence-electron chi connectivity index (χ4n) is 3.31. The SMILES string of the molecule is Cc1ccccc1-c1nnc(SCC(=O)N[C@H](C)c2cccc3ccccc23)o1. The molecule has 0 saturated heterocycles. The molecule has 0 saturated carbocycles. The summed E-state index contributed by atoms with van der Waals surface area (Å²) in [6.45, 7) is 3.99. The van der Waals surface area contributed by atoms with E-state index in [2.05, 4.69) is 33.7 Å². The van der Waals surface area contributed by atoms with Gasteiger partial charge in [0, 0.05) is 5.56 Å². The van der Waals surface area contributed by atoms with Crippen molar-refractivity contribution in [3.63, 3.8) is 0 Å². The maximum absolute atomic E-state index is 12.4. The number of carbonyl (C=O) groups excluding carboxylic acids is 1. The van der Waals surface area contributed by atoms with Crippen LogP contribution in [0.2, 0.25) is 0 Å². The zero-order valence-corrected chi connectivity index (χ0v) is 17.1. The van der Waals surface area contributed by atoms with E-state index in [9.17, 15) is 4.79 Å². The molecular formula is C23H21N3O2S. The van der Waals surface area contributed by atoms with Gasteiger partial charge >= 0.3 is 0 Å². The Morgan fingerprint density at radius 1 is 1.03 bits per heavy atom. The van der Waals surface area contributed by atoms with E-state index < -0.39 is 0 Å². The van der Waals surface area contributed by atoms with Gasteiger partial charge in [-0.15, -0.1) is 10.2 Å². The van der Waals surface area contributed by atoms with E-state index in [1.165, 1.54) is 11.8 Å². The lowest BCUT2D eigenvalue weighted by molar-refractivity contribution is -0.119. The van der Waals surface area contributed by atoms with E-state index in [0.717, 1.165) is 27.5 Å². The molecule has 0 unspecified atom stereocenters. The Kier molecular flexibility index (Phi) is 5.62. The van der Waals surface area contributed by atoms with Gasteiger partial charge in [0.25, 0.3) is 5.22 Å². The summed E-state index contributed by atoms with van der Waals surface area (Å²) >= 11 is 1.24. The maximum Gasteiger partial charge on any atom is 0.277 e. The lowest BCUT2D eigenvalue weighted by atomic mass is 10.00. The third-order valence-electron chi connectivity index (χ3n) is 4.78. The van der Waals surface area contributed by atoms with E-state index >= 15 is 0 Å². The summed E-state index contributed by atoms with van der Waals surface area (Å²) in [7, 11) is 0. The zero-order valence-electron chi connectivity index (χ0n) is 16.3. The molecule has 146 valence electrons. The smallest absolute Gasteiger partial charge is 0.277 e. The van der Waals surface area contributed by atoms with Crippen molar-refractivity contribution in [2.75, 3.05) is 5.75 Å². The summed E-state index contributed by atoms with van der Waals surface area (Å²) < 4.78 is 5.71. The van der Waals surface area contributed by atoms with Crippen LogP contribution in [0, 0.1) is 6.92 Å². The Labute approximate surface area is 173 Å². The Balaban J connectivity index is 1.39. The fraction of sp³-hybridized carbons (Fsp3) is 0.174. The van der Waals surface area contributed by atoms with Crippen molar-refractivity contribution in [3.05, 3.63) is 77.9 Å². The number of benzene rings is 3. The molecule has 4 aromatic rings. The van der Waals surface area contributed by atoms with Crippen molar-refractivity contribution < 1.29 is 9.21 Å². The van der Waals surface area contributed by atoms with E-state index in [4.69, 9.17) is 4.42 Å². The summed E-state index contributed by atoms with van der Waals surface area (Å²) in [5.74, 6) is 0.603. The predicted molar refractivity (Wildman–Crippen MR) is 116 cm³/mol. The van der Waals surface area contributed by atoms with Crippen LogP contribution in [0.4, 0.5) is 0 Å². The molecule has 1 aromatic heterocycles. The van der Waals surface area contributed by atoms with Crippen LogP contribution in [0.15, 0.2) is 76.4 Å². The lowest BCUT2D eigenvalue weighted by Gasteiger charge is -2.16. The predicted octanol–water partition coefficient (Wildman–Crippen LogP) is 5.17. The third-order valence-corrected chi connectivity index (χ3v) is 5.59. The average molecular weight is 404 g/mol. The van der Waals surface area contributed by atoms with E-state index in [-0.39, 0.29) is 17.7 Å². The lowest BCUT2D eigenvalue weighted by Crippen LogP contribution is -2.28. The van der Waals surface area contributed by atoms with Crippen molar-refractivity contribution in [3.8, 4) is 11.5 Å². The number of nitrogens with zero attached hydrogens (tertiary/aromatic N) is 2. The number of nitrogens with one attached hydrogen (secondary N) is 1. The molecule has 1 N–H and O–H groups in total. The molecule has 1 atom stereocenters. The summed E-state index contributed by atoms with van der Waals surface area (Å²) in [5.41, 5.74) is 3.07. The molecule has 1 amide bonds. The van der Waals surface area contributed by atoms with Crippen molar-refractivity contribution in [2.24, 2.45) is 0 Å². The Morgan fingerprint density at radius 3 is 2.66 bits per heavy atom. The third kappa shape index (κ3) is 4.32. The van der Waals surface area contributed by atoms with Crippen LogP contribution < -0.4 is 5.32 Å². The number of hydrogen-bond donors (Lipinski definition) is 1. The maximum atomic E-state index is 12.4. The molecule has 0 radical (unpaired) electrons. The molecule has 3 aromatic carbocycles. The molecule has 0 fully saturated rings. The number of aromatic nitrogens is 2. The summed E-state index contributed by atoms with van der Waals surface area (Å²) in [6, 6.07) is 22.0. The van der Waals surface area contributed by atoms with Crippen molar-refractivity contribution in [2.45, 2.75) is 25.1 Å². The van der Waals surface area contributed by atoms with Crippen LogP contribution in [-0.4, -0.2) is 21.9 Å². The van der Waals surface area contributed by atoms with Crippen molar-refractivity contribution >= 4 is 28.4 Å². The van der Waals surface area contributed by atoms with Crippen molar-refractivity contribution in [1.29, 1.82) is 0 Å². The van der Waals surface area contributed by atoms with Crippen LogP contribution in [-0.2, 0) is 4.79 Å². The van der Waals surface area contributed by atoms with Crippen LogP contribution in [0.25, 0.3) is 22.2 Å². The highest BCUT2D eigenvalue weighted by molar-refractivity contribution is 7.99. The van der Waals surface area contributed by atoms with Crippen LogP contribution in [0.1, 0.15) is 24.1 Å². The minimum absolute atomic E-state index is 0.0777. The Morgan fingerprint density at radius 2 is 1.79 bits per heavy atom. The van der Waals surface area contributed by atoms with Gasteiger partial charge in [-0.25, -0.2) is 0 Å². The molecule has 1 heterocycles. The number of carbonyl (C=O) groups is 1. The summed E-state index contributed by atoms with van der Waals surface area (Å²) in [4.78, 5) is 12.4. The number of hydrogen-bond acceptors (Lipinski definition) is 5. The molecule has 4 rings (SSSR count). The van der Waals surface area contributed by atoms with Gasteiger partial charge < -0.3 is 9.73 Å². The van der Waals surface area contributed by atoms with Gasteiger partial charge in [0.2, 0.25) is 11.8 Å². The molecule has 0 aliphatic heterocycles. The van der Waals surface area contributed by atoms with Gasteiger partial charge in [0.1, 0.15) is 0 Å². The highest BCUT2D eigenvalue weighted by atomic mass is 32.2. The molecular weight excluding hydrogens is 382 g/mol. The molecule has 0 spiro atoms.